The molecule has 9 nitrogen and oxygen atoms in total. The van der Waals surface area contributed by atoms with Gasteiger partial charge in [0.15, 0.2) is 17.3 Å². The number of amides is 1. The molecule has 18 heteroatoms. The molecule has 0 fully saturated rings. The molecule has 0 aliphatic carbocycles. The van der Waals surface area contributed by atoms with Crippen LogP contribution >= 0.6 is 0 Å². The number of benzene rings is 1. The van der Waals surface area contributed by atoms with Gasteiger partial charge in [-0.15, -0.1) is 4.73 Å². The summed E-state index contributed by atoms with van der Waals surface area (Å²) in [7, 11) is 2.09. The van der Waals surface area contributed by atoms with Gasteiger partial charge in [-0.1, -0.05) is 0 Å². The predicted molar refractivity (Wildman–Crippen MR) is 117 cm³/mol. The molecular formula is C22H13F9N6O3. The number of methoxy groups -OCH3 is 1. The van der Waals surface area contributed by atoms with Crippen LogP contribution in [0.3, 0.4) is 0 Å². The van der Waals surface area contributed by atoms with E-state index < -0.39 is 70.1 Å². The molecule has 0 unspecified atom stereocenters. The zero-order valence-electron chi connectivity index (χ0n) is 19.8. The zero-order chi connectivity index (χ0) is 29.6. The van der Waals surface area contributed by atoms with Gasteiger partial charge in [-0.3, -0.25) is 4.98 Å². The maximum Gasteiger partial charge on any atom is 0.435 e. The zero-order valence-corrected chi connectivity index (χ0v) is 19.8. The third-order valence-electron chi connectivity index (χ3n) is 5.20. The number of rotatable bonds is 4. The number of nitrogens with zero attached hydrogens (tertiary/aromatic N) is 5. The number of ether oxygens (including phenoxy) is 1. The van der Waals surface area contributed by atoms with Gasteiger partial charge >= 0.3 is 24.6 Å². The molecule has 0 bridgehead atoms. The molecule has 212 valence electrons. The number of fused-ring (bicyclic) bond motifs is 1. The summed E-state index contributed by atoms with van der Waals surface area (Å²) in [6, 6.07) is 3.24. The summed E-state index contributed by atoms with van der Waals surface area (Å²) in [4.78, 5) is 31.4. The Labute approximate surface area is 216 Å². The lowest BCUT2D eigenvalue weighted by Gasteiger charge is -2.13. The molecule has 4 aromatic rings. The summed E-state index contributed by atoms with van der Waals surface area (Å²) >= 11 is 0. The Morgan fingerprint density at radius 1 is 0.900 bits per heavy atom. The second kappa shape index (κ2) is 9.83. The Hall–Kier alpha value is -4.64. The van der Waals surface area contributed by atoms with Crippen molar-refractivity contribution in [3.05, 3.63) is 53.5 Å². The van der Waals surface area contributed by atoms with Gasteiger partial charge < -0.3 is 14.9 Å². The Morgan fingerprint density at radius 3 is 2.12 bits per heavy atom. The van der Waals surface area contributed by atoms with Crippen molar-refractivity contribution < 1.29 is 53.9 Å². The summed E-state index contributed by atoms with van der Waals surface area (Å²) in [5.41, 5.74) is -6.66. The lowest BCUT2D eigenvalue weighted by molar-refractivity contribution is -0.141. The number of imidazole rings is 1. The van der Waals surface area contributed by atoms with E-state index in [4.69, 9.17) is 9.57 Å². The molecule has 0 aliphatic rings. The molecule has 0 saturated carbocycles. The van der Waals surface area contributed by atoms with E-state index in [1.165, 1.54) is 0 Å². The Kier molecular flexibility index (Phi) is 6.97. The maximum atomic E-state index is 14.1. The molecule has 0 spiro atoms. The second-order valence-corrected chi connectivity index (χ2v) is 7.77. The molecule has 0 atom stereocenters. The highest BCUT2D eigenvalue weighted by atomic mass is 19.4. The van der Waals surface area contributed by atoms with Gasteiger partial charge in [0.05, 0.1) is 18.2 Å². The quantitative estimate of drug-likeness (QED) is 0.323. The fourth-order valence-electron chi connectivity index (χ4n) is 3.40. The van der Waals surface area contributed by atoms with Crippen LogP contribution in [0.5, 0.6) is 5.75 Å². The molecule has 1 N–H and O–H groups in total. The fraction of sp³-hybridized carbons (Fsp3) is 0.227. The topological polar surface area (TPSA) is 104 Å². The number of nitrogens with one attached hydrogen (secondary N) is 1. The van der Waals surface area contributed by atoms with Gasteiger partial charge in [0.1, 0.15) is 17.0 Å². The molecule has 0 aliphatic heterocycles. The maximum absolute atomic E-state index is 14.1. The average molecular weight is 580 g/mol. The molecule has 4 rings (SSSR count). The second-order valence-electron chi connectivity index (χ2n) is 7.77. The van der Waals surface area contributed by atoms with Crippen LogP contribution in [0.15, 0.2) is 36.5 Å². The number of carbonyl (C=O) groups excluding carboxylic acids is 1. The minimum Gasteiger partial charge on any atom is -0.496 e. The molecule has 3 heterocycles. The molecular weight excluding hydrogens is 567 g/mol. The Morgan fingerprint density at radius 2 is 1.60 bits per heavy atom. The third kappa shape index (κ3) is 5.41. The van der Waals surface area contributed by atoms with Gasteiger partial charge in [-0.05, 0) is 30.3 Å². The minimum atomic E-state index is -5.22. The summed E-state index contributed by atoms with van der Waals surface area (Å²) in [5, 5.41) is 2.04. The van der Waals surface area contributed by atoms with Gasteiger partial charge in [0.2, 0.25) is 5.65 Å². The minimum absolute atomic E-state index is 0.330. The van der Waals surface area contributed by atoms with Gasteiger partial charge in [0, 0.05) is 18.8 Å². The molecule has 40 heavy (non-hydrogen) atoms. The van der Waals surface area contributed by atoms with Crippen LogP contribution < -0.4 is 14.9 Å². The standard InChI is InChI=1S/C22H13F9N6O3/c1-32-19(38)40-37-17(11-5-4-10(20(23,24)25)7-12(11)39-2)34-14-15(22(29,30)31)35-16(36-18(14)37)9-3-6-13(33-8-9)21(26,27)28/h3-8H,1-2H3,(H,32,38). The normalized spacial score (nSPS) is 12.5. The number of halogens is 9. The van der Waals surface area contributed by atoms with E-state index in [-0.39, 0.29) is 11.1 Å². The van der Waals surface area contributed by atoms with E-state index in [1.54, 1.807) is 0 Å². The van der Waals surface area contributed by atoms with Crippen molar-refractivity contribution in [3.8, 4) is 28.5 Å². The SMILES string of the molecule is CNC(=O)On1c(-c2ccc(C(F)(F)F)cc2OC)nc2c(C(F)(F)F)nc(-c3ccc(C(F)(F)F)nc3)nc21. The third-order valence-corrected chi connectivity index (χ3v) is 5.20. The first-order valence-electron chi connectivity index (χ1n) is 10.6. The number of hydrogen-bond acceptors (Lipinski definition) is 7. The van der Waals surface area contributed by atoms with Gasteiger partial charge in [-0.25, -0.2) is 19.7 Å². The van der Waals surface area contributed by atoms with Crippen LogP contribution in [0.25, 0.3) is 33.9 Å². The molecule has 1 amide bonds. The van der Waals surface area contributed by atoms with Crippen molar-refractivity contribution in [1.29, 1.82) is 0 Å². The Bertz CT molecular complexity index is 1580. The molecule has 0 radical (unpaired) electrons. The van der Waals surface area contributed by atoms with E-state index in [0.29, 0.717) is 29.1 Å². The summed E-state index contributed by atoms with van der Waals surface area (Å²) in [5.74, 6) is -1.90. The van der Waals surface area contributed by atoms with Crippen LogP contribution in [0.2, 0.25) is 0 Å². The predicted octanol–water partition coefficient (Wildman–Crippen LogP) is 5.39. The number of aromatic nitrogens is 5. The average Bonchev–Trinajstić information content (AvgIpc) is 3.23. The molecule has 0 saturated heterocycles. The van der Waals surface area contributed by atoms with E-state index in [2.05, 4.69) is 19.9 Å². The van der Waals surface area contributed by atoms with Crippen molar-refractivity contribution in [2.24, 2.45) is 0 Å². The van der Waals surface area contributed by atoms with Crippen LogP contribution in [0.1, 0.15) is 17.0 Å². The van der Waals surface area contributed by atoms with Crippen LogP contribution in [0, 0.1) is 0 Å². The highest BCUT2D eigenvalue weighted by Crippen LogP contribution is 2.40. The largest absolute Gasteiger partial charge is 0.496 e. The van der Waals surface area contributed by atoms with Crippen molar-refractivity contribution in [3.63, 3.8) is 0 Å². The number of alkyl halides is 9. The van der Waals surface area contributed by atoms with E-state index in [0.717, 1.165) is 26.3 Å². The highest BCUT2D eigenvalue weighted by Gasteiger charge is 2.39. The van der Waals surface area contributed by atoms with Gasteiger partial charge in [-0.2, -0.15) is 39.5 Å². The first-order chi connectivity index (χ1) is 18.5. The first-order valence-corrected chi connectivity index (χ1v) is 10.6. The highest BCUT2D eigenvalue weighted by molar-refractivity contribution is 5.83. The molecule has 1 aromatic carbocycles. The lowest BCUT2D eigenvalue weighted by Crippen LogP contribution is -2.29. The van der Waals surface area contributed by atoms with Crippen LogP contribution in [-0.4, -0.2) is 44.9 Å². The molecule has 3 aromatic heterocycles. The summed E-state index contributed by atoms with van der Waals surface area (Å²) in [6.07, 6.45) is -15.5. The van der Waals surface area contributed by atoms with Crippen molar-refractivity contribution in [1.82, 2.24) is 30.0 Å². The summed E-state index contributed by atoms with van der Waals surface area (Å²) in [6.45, 7) is 0. The number of pyridine rings is 1. The van der Waals surface area contributed by atoms with Gasteiger partial charge in [0.25, 0.3) is 0 Å². The van der Waals surface area contributed by atoms with Crippen LogP contribution in [-0.2, 0) is 18.5 Å². The monoisotopic (exact) mass is 580 g/mol. The smallest absolute Gasteiger partial charge is 0.435 e. The van der Waals surface area contributed by atoms with Crippen LogP contribution in [0.4, 0.5) is 44.3 Å². The summed E-state index contributed by atoms with van der Waals surface area (Å²) < 4.78 is 126. The number of carbonyl (C=O) groups is 1. The van der Waals surface area contributed by atoms with E-state index in [1.807, 2.05) is 5.32 Å². The number of hydrogen-bond donors (Lipinski definition) is 1. The van der Waals surface area contributed by atoms with Crippen molar-refractivity contribution >= 4 is 17.3 Å². The fourth-order valence-corrected chi connectivity index (χ4v) is 3.40. The van der Waals surface area contributed by atoms with Crippen molar-refractivity contribution in [2.75, 3.05) is 14.2 Å². The van der Waals surface area contributed by atoms with E-state index in [9.17, 15) is 44.3 Å². The lowest BCUT2D eigenvalue weighted by atomic mass is 10.1. The Balaban J connectivity index is 2.03. The van der Waals surface area contributed by atoms with E-state index >= 15 is 0 Å². The van der Waals surface area contributed by atoms with Crippen molar-refractivity contribution in [2.45, 2.75) is 18.5 Å². The first kappa shape index (κ1) is 28.4.